The van der Waals surface area contributed by atoms with Crippen LogP contribution in [0, 0.1) is 13.8 Å². The molecule has 0 bridgehead atoms. The van der Waals surface area contributed by atoms with Crippen molar-refractivity contribution in [3.05, 3.63) is 21.4 Å². The van der Waals surface area contributed by atoms with Gasteiger partial charge in [0.05, 0.1) is 12.1 Å². The predicted molar refractivity (Wildman–Crippen MR) is 73.2 cm³/mol. The normalized spacial score (nSPS) is 14.4. The topological polar surface area (TPSA) is 55.1 Å². The number of carbonyl (C=O) groups is 1. The minimum absolute atomic E-state index is 0.0374. The van der Waals surface area contributed by atoms with Crippen LogP contribution in [0.3, 0.4) is 0 Å². The van der Waals surface area contributed by atoms with E-state index in [4.69, 9.17) is 5.73 Å². The summed E-state index contributed by atoms with van der Waals surface area (Å²) in [6.07, 6.45) is 1.67. The van der Waals surface area contributed by atoms with Crippen LogP contribution in [-0.4, -0.2) is 11.9 Å². The molecule has 1 heterocycles. The predicted octanol–water partition coefficient (Wildman–Crippen LogP) is 2.67. The quantitative estimate of drug-likeness (QED) is 0.848. The second-order valence-electron chi connectivity index (χ2n) is 4.49. The minimum Gasteiger partial charge on any atom is -0.348 e. The monoisotopic (exact) mass is 254 g/mol. The Morgan fingerprint density at radius 3 is 2.65 bits per heavy atom. The molecule has 1 amide bonds. The molecule has 17 heavy (non-hydrogen) atoms. The standard InChI is InChI=1S/C13H22N2OS/c1-5-6-12(14)13(16)15-9(3)11-7-8(2)17-10(11)4/h7,9,12H,5-6,14H2,1-4H3,(H,15,16)/t9?,12-/m0/s1. The summed E-state index contributed by atoms with van der Waals surface area (Å²) >= 11 is 1.76. The van der Waals surface area contributed by atoms with Gasteiger partial charge < -0.3 is 11.1 Å². The Morgan fingerprint density at radius 1 is 1.53 bits per heavy atom. The van der Waals surface area contributed by atoms with Gasteiger partial charge in [0.15, 0.2) is 0 Å². The van der Waals surface area contributed by atoms with Gasteiger partial charge in [0.1, 0.15) is 0 Å². The Hall–Kier alpha value is -0.870. The number of hydrogen-bond donors (Lipinski definition) is 2. The van der Waals surface area contributed by atoms with Crippen LogP contribution in [0.25, 0.3) is 0 Å². The molecular formula is C13H22N2OS. The summed E-state index contributed by atoms with van der Waals surface area (Å²) in [5.41, 5.74) is 6.99. The van der Waals surface area contributed by atoms with Crippen molar-refractivity contribution in [1.82, 2.24) is 5.32 Å². The molecule has 1 unspecified atom stereocenters. The van der Waals surface area contributed by atoms with Gasteiger partial charge >= 0.3 is 0 Å². The van der Waals surface area contributed by atoms with E-state index >= 15 is 0 Å². The molecular weight excluding hydrogens is 232 g/mol. The van der Waals surface area contributed by atoms with Crippen LogP contribution in [0.15, 0.2) is 6.07 Å². The van der Waals surface area contributed by atoms with E-state index in [1.165, 1.54) is 15.3 Å². The third-order valence-corrected chi connectivity index (χ3v) is 3.82. The summed E-state index contributed by atoms with van der Waals surface area (Å²) in [6, 6.07) is 1.79. The summed E-state index contributed by atoms with van der Waals surface area (Å²) in [4.78, 5) is 14.3. The Morgan fingerprint density at radius 2 is 2.18 bits per heavy atom. The number of hydrogen-bond acceptors (Lipinski definition) is 3. The van der Waals surface area contributed by atoms with Crippen molar-refractivity contribution in [2.75, 3.05) is 0 Å². The van der Waals surface area contributed by atoms with E-state index in [-0.39, 0.29) is 18.0 Å². The fourth-order valence-corrected chi connectivity index (χ4v) is 2.94. The molecule has 3 nitrogen and oxygen atoms in total. The molecule has 0 aliphatic rings. The van der Waals surface area contributed by atoms with Gasteiger partial charge in [0.2, 0.25) is 5.91 Å². The second-order valence-corrected chi connectivity index (χ2v) is 5.95. The highest BCUT2D eigenvalue weighted by molar-refractivity contribution is 7.12. The van der Waals surface area contributed by atoms with Crippen molar-refractivity contribution in [2.45, 2.75) is 52.6 Å². The first-order valence-electron chi connectivity index (χ1n) is 6.08. The maximum atomic E-state index is 11.8. The Labute approximate surface area is 107 Å². The SMILES string of the molecule is CCC[C@H](N)C(=O)NC(C)c1cc(C)sc1C. The van der Waals surface area contributed by atoms with Crippen molar-refractivity contribution in [2.24, 2.45) is 5.73 Å². The highest BCUT2D eigenvalue weighted by Gasteiger charge is 2.17. The molecule has 1 rings (SSSR count). The van der Waals surface area contributed by atoms with E-state index in [1.807, 2.05) is 13.8 Å². The molecule has 0 saturated carbocycles. The second kappa shape index (κ2) is 6.17. The van der Waals surface area contributed by atoms with Gasteiger partial charge in [-0.1, -0.05) is 13.3 Å². The van der Waals surface area contributed by atoms with Crippen LogP contribution in [0.1, 0.15) is 48.0 Å². The Kier molecular flexibility index (Phi) is 5.15. The molecule has 1 aromatic heterocycles. The lowest BCUT2D eigenvalue weighted by Crippen LogP contribution is -2.41. The zero-order chi connectivity index (χ0) is 13.0. The number of nitrogens with two attached hydrogens (primary N) is 1. The van der Waals surface area contributed by atoms with Crippen molar-refractivity contribution in [1.29, 1.82) is 0 Å². The molecule has 0 fully saturated rings. The molecule has 0 radical (unpaired) electrons. The van der Waals surface area contributed by atoms with E-state index in [0.29, 0.717) is 0 Å². The van der Waals surface area contributed by atoms with Gasteiger partial charge in [-0.3, -0.25) is 4.79 Å². The van der Waals surface area contributed by atoms with Crippen LogP contribution in [-0.2, 0) is 4.79 Å². The summed E-state index contributed by atoms with van der Waals surface area (Å²) < 4.78 is 0. The molecule has 0 saturated heterocycles. The molecule has 96 valence electrons. The average molecular weight is 254 g/mol. The first kappa shape index (κ1) is 14.2. The maximum Gasteiger partial charge on any atom is 0.237 e. The number of rotatable bonds is 5. The van der Waals surface area contributed by atoms with Gasteiger partial charge in [-0.05, 0) is 38.8 Å². The summed E-state index contributed by atoms with van der Waals surface area (Å²) in [6.45, 7) is 8.20. The van der Waals surface area contributed by atoms with Crippen molar-refractivity contribution in [3.8, 4) is 0 Å². The van der Waals surface area contributed by atoms with Gasteiger partial charge in [-0.15, -0.1) is 11.3 Å². The smallest absolute Gasteiger partial charge is 0.237 e. The Balaban J connectivity index is 2.63. The number of amides is 1. The van der Waals surface area contributed by atoms with Gasteiger partial charge in [0, 0.05) is 9.75 Å². The number of nitrogens with one attached hydrogen (secondary N) is 1. The van der Waals surface area contributed by atoms with E-state index in [0.717, 1.165) is 12.8 Å². The first-order valence-corrected chi connectivity index (χ1v) is 6.90. The number of carbonyl (C=O) groups excluding carboxylic acids is 1. The largest absolute Gasteiger partial charge is 0.348 e. The van der Waals surface area contributed by atoms with Gasteiger partial charge in [-0.25, -0.2) is 0 Å². The third-order valence-electron chi connectivity index (χ3n) is 2.84. The molecule has 1 aromatic rings. The fraction of sp³-hybridized carbons (Fsp3) is 0.615. The van der Waals surface area contributed by atoms with E-state index in [9.17, 15) is 4.79 Å². The van der Waals surface area contributed by atoms with Crippen molar-refractivity contribution >= 4 is 17.2 Å². The van der Waals surface area contributed by atoms with Crippen molar-refractivity contribution < 1.29 is 4.79 Å². The van der Waals surface area contributed by atoms with E-state index < -0.39 is 0 Å². The summed E-state index contributed by atoms with van der Waals surface area (Å²) in [5.74, 6) is -0.0531. The molecule has 2 atom stereocenters. The number of thiophene rings is 1. The molecule has 4 heteroatoms. The lowest BCUT2D eigenvalue weighted by atomic mass is 10.1. The minimum atomic E-state index is -0.387. The van der Waals surface area contributed by atoms with Crippen molar-refractivity contribution in [3.63, 3.8) is 0 Å². The Bertz CT molecular complexity index is 387. The highest BCUT2D eigenvalue weighted by atomic mass is 32.1. The van der Waals surface area contributed by atoms with E-state index in [1.54, 1.807) is 11.3 Å². The van der Waals surface area contributed by atoms with Crippen LogP contribution >= 0.6 is 11.3 Å². The molecule has 0 aromatic carbocycles. The van der Waals surface area contributed by atoms with Crippen LogP contribution in [0.5, 0.6) is 0 Å². The lowest BCUT2D eigenvalue weighted by molar-refractivity contribution is -0.123. The maximum absolute atomic E-state index is 11.8. The third kappa shape index (κ3) is 3.82. The van der Waals surface area contributed by atoms with Gasteiger partial charge in [-0.2, -0.15) is 0 Å². The average Bonchev–Trinajstić information content (AvgIpc) is 2.58. The zero-order valence-electron chi connectivity index (χ0n) is 11.0. The van der Waals surface area contributed by atoms with Crippen LogP contribution < -0.4 is 11.1 Å². The zero-order valence-corrected chi connectivity index (χ0v) is 11.9. The highest BCUT2D eigenvalue weighted by Crippen LogP contribution is 2.26. The van der Waals surface area contributed by atoms with E-state index in [2.05, 4.69) is 25.2 Å². The summed E-state index contributed by atoms with van der Waals surface area (Å²) in [5, 5.41) is 2.98. The summed E-state index contributed by atoms with van der Waals surface area (Å²) in [7, 11) is 0. The fourth-order valence-electron chi connectivity index (χ4n) is 1.92. The molecule has 0 aliphatic heterocycles. The van der Waals surface area contributed by atoms with Crippen LogP contribution in [0.4, 0.5) is 0 Å². The lowest BCUT2D eigenvalue weighted by Gasteiger charge is -2.17. The molecule has 0 aliphatic carbocycles. The van der Waals surface area contributed by atoms with Gasteiger partial charge in [0.25, 0.3) is 0 Å². The van der Waals surface area contributed by atoms with Crippen LogP contribution in [0.2, 0.25) is 0 Å². The first-order chi connectivity index (χ1) is 7.95. The molecule has 3 N–H and O–H groups in total. The molecule has 0 spiro atoms. The number of aryl methyl sites for hydroxylation is 2.